The van der Waals surface area contributed by atoms with Gasteiger partial charge in [-0.3, -0.25) is 0 Å². The fraction of sp³-hybridized carbons (Fsp3) is 0.538. The second kappa shape index (κ2) is 5.23. The third kappa shape index (κ3) is 2.36. The van der Waals surface area contributed by atoms with Gasteiger partial charge in [-0.1, -0.05) is 0 Å². The zero-order chi connectivity index (χ0) is 14.2. The lowest BCUT2D eigenvalue weighted by Gasteiger charge is -2.31. The van der Waals surface area contributed by atoms with Gasteiger partial charge in [-0.2, -0.15) is 4.31 Å². The van der Waals surface area contributed by atoms with E-state index in [4.69, 9.17) is 9.47 Å². The summed E-state index contributed by atoms with van der Waals surface area (Å²) in [7, 11) is -1.61. The van der Waals surface area contributed by atoms with Gasteiger partial charge in [-0.05, 0) is 32.0 Å². The minimum atomic E-state index is -3.47. The number of ether oxygens (including phenoxy) is 2. The second-order valence-electron chi connectivity index (χ2n) is 5.01. The SMILES string of the molecule is CNC1CCCN(S(=O)(=O)c2ccc3c(c2)OCO3)C1. The summed E-state index contributed by atoms with van der Waals surface area (Å²) in [6.45, 7) is 1.21. The number of hydrogen-bond donors (Lipinski definition) is 1. The first-order valence-corrected chi connectivity index (χ1v) is 8.12. The van der Waals surface area contributed by atoms with Crippen molar-refractivity contribution in [3.05, 3.63) is 18.2 Å². The number of hydrogen-bond acceptors (Lipinski definition) is 5. The minimum Gasteiger partial charge on any atom is -0.454 e. The van der Waals surface area contributed by atoms with E-state index in [0.717, 1.165) is 12.8 Å². The van der Waals surface area contributed by atoms with Crippen molar-refractivity contribution >= 4 is 10.0 Å². The van der Waals surface area contributed by atoms with Crippen molar-refractivity contribution in [1.29, 1.82) is 0 Å². The quantitative estimate of drug-likeness (QED) is 0.893. The van der Waals surface area contributed by atoms with E-state index in [2.05, 4.69) is 5.32 Å². The van der Waals surface area contributed by atoms with E-state index in [0.29, 0.717) is 24.6 Å². The molecule has 2 heterocycles. The summed E-state index contributed by atoms with van der Waals surface area (Å²) in [5.41, 5.74) is 0. The average molecular weight is 298 g/mol. The third-order valence-corrected chi connectivity index (χ3v) is 5.64. The molecule has 0 aromatic heterocycles. The number of benzene rings is 1. The van der Waals surface area contributed by atoms with Crippen molar-refractivity contribution < 1.29 is 17.9 Å². The Morgan fingerprint density at radius 2 is 2.10 bits per heavy atom. The van der Waals surface area contributed by atoms with Crippen LogP contribution in [0.2, 0.25) is 0 Å². The highest BCUT2D eigenvalue weighted by Crippen LogP contribution is 2.35. The van der Waals surface area contributed by atoms with Crippen LogP contribution in [0.1, 0.15) is 12.8 Å². The maximum Gasteiger partial charge on any atom is 0.243 e. The van der Waals surface area contributed by atoms with E-state index in [1.165, 1.54) is 4.31 Å². The molecule has 3 rings (SSSR count). The molecule has 1 aromatic rings. The van der Waals surface area contributed by atoms with E-state index in [9.17, 15) is 8.42 Å². The minimum absolute atomic E-state index is 0.143. The van der Waals surface area contributed by atoms with Crippen LogP contribution < -0.4 is 14.8 Å². The lowest BCUT2D eigenvalue weighted by molar-refractivity contribution is 0.174. The molecule has 1 N–H and O–H groups in total. The highest BCUT2D eigenvalue weighted by atomic mass is 32.2. The molecule has 1 atom stereocenters. The third-order valence-electron chi connectivity index (χ3n) is 3.77. The van der Waals surface area contributed by atoms with Gasteiger partial charge in [0.2, 0.25) is 16.8 Å². The summed E-state index contributed by atoms with van der Waals surface area (Å²) in [5, 5.41) is 3.15. The molecular formula is C13H18N2O4S. The molecular weight excluding hydrogens is 280 g/mol. The molecule has 20 heavy (non-hydrogen) atoms. The summed E-state index contributed by atoms with van der Waals surface area (Å²) in [4.78, 5) is 0.263. The lowest BCUT2D eigenvalue weighted by Crippen LogP contribution is -2.46. The van der Waals surface area contributed by atoms with Crippen LogP contribution >= 0.6 is 0 Å². The Bertz CT molecular complexity index is 602. The summed E-state index contributed by atoms with van der Waals surface area (Å²) < 4.78 is 37.3. The second-order valence-corrected chi connectivity index (χ2v) is 6.94. The largest absolute Gasteiger partial charge is 0.454 e. The molecule has 0 spiro atoms. The highest BCUT2D eigenvalue weighted by Gasteiger charge is 2.30. The zero-order valence-corrected chi connectivity index (χ0v) is 12.1. The van der Waals surface area contributed by atoms with Crippen LogP contribution in [0.3, 0.4) is 0 Å². The Morgan fingerprint density at radius 3 is 2.90 bits per heavy atom. The van der Waals surface area contributed by atoms with Crippen LogP contribution in [-0.4, -0.2) is 45.7 Å². The molecule has 1 saturated heterocycles. The predicted molar refractivity (Wildman–Crippen MR) is 73.4 cm³/mol. The summed E-state index contributed by atoms with van der Waals surface area (Å²) in [6.07, 6.45) is 1.87. The van der Waals surface area contributed by atoms with Crippen molar-refractivity contribution in [2.45, 2.75) is 23.8 Å². The van der Waals surface area contributed by atoms with Gasteiger partial charge < -0.3 is 14.8 Å². The van der Waals surface area contributed by atoms with Crippen LogP contribution in [0.15, 0.2) is 23.1 Å². The average Bonchev–Trinajstić information content (AvgIpc) is 2.94. The predicted octanol–water partition coefficient (Wildman–Crippen LogP) is 0.788. The number of fused-ring (bicyclic) bond motifs is 1. The first kappa shape index (κ1) is 13.7. The molecule has 0 aliphatic carbocycles. The number of rotatable bonds is 3. The first-order chi connectivity index (χ1) is 9.61. The fourth-order valence-electron chi connectivity index (χ4n) is 2.58. The van der Waals surface area contributed by atoms with E-state index in [1.807, 2.05) is 7.05 Å². The monoisotopic (exact) mass is 298 g/mol. The zero-order valence-electron chi connectivity index (χ0n) is 11.3. The number of likely N-dealkylation sites (N-methyl/N-ethyl adjacent to an activating group) is 1. The fourth-order valence-corrected chi connectivity index (χ4v) is 4.12. The van der Waals surface area contributed by atoms with Crippen LogP contribution in [0, 0.1) is 0 Å². The molecule has 1 unspecified atom stereocenters. The molecule has 2 aliphatic heterocycles. The highest BCUT2D eigenvalue weighted by molar-refractivity contribution is 7.89. The van der Waals surface area contributed by atoms with Crippen LogP contribution in [0.4, 0.5) is 0 Å². The standard InChI is InChI=1S/C13H18N2O4S/c1-14-10-3-2-6-15(8-10)20(16,17)11-4-5-12-13(7-11)19-9-18-12/h4-5,7,10,14H,2-3,6,8-9H2,1H3. The molecule has 0 amide bonds. The topological polar surface area (TPSA) is 67.9 Å². The normalized spacial score (nSPS) is 22.9. The van der Waals surface area contributed by atoms with Crippen molar-refractivity contribution in [3.8, 4) is 11.5 Å². The molecule has 1 aromatic carbocycles. The molecule has 0 radical (unpaired) electrons. The molecule has 6 nitrogen and oxygen atoms in total. The van der Waals surface area contributed by atoms with Gasteiger partial charge in [0.25, 0.3) is 0 Å². The van der Waals surface area contributed by atoms with E-state index in [-0.39, 0.29) is 17.7 Å². The van der Waals surface area contributed by atoms with E-state index < -0.39 is 10.0 Å². The van der Waals surface area contributed by atoms with Crippen LogP contribution in [0.25, 0.3) is 0 Å². The summed E-state index contributed by atoms with van der Waals surface area (Å²) in [5.74, 6) is 1.09. The van der Waals surface area contributed by atoms with Crippen LogP contribution in [-0.2, 0) is 10.0 Å². The number of sulfonamides is 1. The van der Waals surface area contributed by atoms with Crippen molar-refractivity contribution in [2.75, 3.05) is 26.9 Å². The van der Waals surface area contributed by atoms with Gasteiger partial charge in [0, 0.05) is 25.2 Å². The van der Waals surface area contributed by atoms with Gasteiger partial charge >= 0.3 is 0 Å². The smallest absolute Gasteiger partial charge is 0.243 e. The Kier molecular flexibility index (Phi) is 3.57. The summed E-state index contributed by atoms with van der Waals surface area (Å²) in [6, 6.07) is 4.98. The Morgan fingerprint density at radius 1 is 1.30 bits per heavy atom. The number of nitrogens with zero attached hydrogens (tertiary/aromatic N) is 1. The molecule has 110 valence electrons. The number of nitrogens with one attached hydrogen (secondary N) is 1. The van der Waals surface area contributed by atoms with Gasteiger partial charge in [0.05, 0.1) is 4.90 Å². The Labute approximate surface area is 118 Å². The van der Waals surface area contributed by atoms with Gasteiger partial charge in [0.1, 0.15) is 0 Å². The Balaban J connectivity index is 1.87. The first-order valence-electron chi connectivity index (χ1n) is 6.68. The van der Waals surface area contributed by atoms with E-state index in [1.54, 1.807) is 18.2 Å². The molecule has 1 fully saturated rings. The molecule has 0 saturated carbocycles. The molecule has 2 aliphatic rings. The number of piperidine rings is 1. The van der Waals surface area contributed by atoms with Crippen molar-refractivity contribution in [3.63, 3.8) is 0 Å². The van der Waals surface area contributed by atoms with Crippen molar-refractivity contribution in [1.82, 2.24) is 9.62 Å². The molecule has 7 heteroatoms. The molecule has 0 bridgehead atoms. The van der Waals surface area contributed by atoms with Gasteiger partial charge in [-0.15, -0.1) is 0 Å². The maximum atomic E-state index is 12.7. The summed E-state index contributed by atoms with van der Waals surface area (Å²) >= 11 is 0. The maximum absolute atomic E-state index is 12.7. The van der Waals surface area contributed by atoms with Crippen LogP contribution in [0.5, 0.6) is 11.5 Å². The van der Waals surface area contributed by atoms with Gasteiger partial charge in [0.15, 0.2) is 11.5 Å². The van der Waals surface area contributed by atoms with Crippen molar-refractivity contribution in [2.24, 2.45) is 0 Å². The Hall–Kier alpha value is -1.31. The van der Waals surface area contributed by atoms with Gasteiger partial charge in [-0.25, -0.2) is 8.42 Å². The van der Waals surface area contributed by atoms with E-state index >= 15 is 0 Å². The lowest BCUT2D eigenvalue weighted by atomic mass is 10.1.